The van der Waals surface area contributed by atoms with Gasteiger partial charge in [-0.2, -0.15) is 0 Å². The van der Waals surface area contributed by atoms with E-state index in [1.807, 2.05) is 0 Å². The van der Waals surface area contributed by atoms with E-state index in [4.69, 9.17) is 0 Å². The summed E-state index contributed by atoms with van der Waals surface area (Å²) in [5, 5.41) is 3.51. The van der Waals surface area contributed by atoms with Gasteiger partial charge >= 0.3 is 0 Å². The van der Waals surface area contributed by atoms with Crippen molar-refractivity contribution in [2.75, 3.05) is 29.5 Å². The van der Waals surface area contributed by atoms with Gasteiger partial charge in [-0.15, -0.1) is 0 Å². The maximum Gasteiger partial charge on any atom is 0.152 e. The molecule has 0 aromatic heterocycles. The van der Waals surface area contributed by atoms with Crippen LogP contribution in [0.5, 0.6) is 0 Å². The van der Waals surface area contributed by atoms with Gasteiger partial charge in [-0.05, 0) is 37.0 Å². The Hall–Kier alpha value is -0.590. The molecule has 6 heteroatoms. The second-order valence-corrected chi connectivity index (χ2v) is 9.08. The number of rotatable bonds is 4. The van der Waals surface area contributed by atoms with Crippen molar-refractivity contribution in [1.29, 1.82) is 0 Å². The topological polar surface area (TPSA) is 49.4 Å². The number of nitrogens with zero attached hydrogens (tertiary/aromatic N) is 1. The first kappa shape index (κ1) is 15.3. The molecule has 0 amide bonds. The Morgan fingerprint density at radius 1 is 1.24 bits per heavy atom. The Bertz CT molecular complexity index is 614. The number of anilines is 1. The highest BCUT2D eigenvalue weighted by Crippen LogP contribution is 2.26. The Labute approximate surface area is 135 Å². The molecule has 1 aliphatic carbocycles. The molecule has 1 aromatic rings. The molecule has 1 aromatic carbocycles. The second-order valence-electron chi connectivity index (χ2n) is 5.92. The average Bonchev–Trinajstić information content (AvgIpc) is 3.25. The fourth-order valence-electron chi connectivity index (χ4n) is 2.61. The van der Waals surface area contributed by atoms with E-state index < -0.39 is 9.84 Å². The van der Waals surface area contributed by atoms with Gasteiger partial charge in [0.25, 0.3) is 0 Å². The summed E-state index contributed by atoms with van der Waals surface area (Å²) >= 11 is 3.64. The van der Waals surface area contributed by atoms with Crippen LogP contribution in [0.4, 0.5) is 5.69 Å². The molecule has 0 bridgehead atoms. The minimum atomic E-state index is -2.85. The van der Waals surface area contributed by atoms with Crippen LogP contribution in [0.15, 0.2) is 22.7 Å². The summed E-state index contributed by atoms with van der Waals surface area (Å²) in [5.41, 5.74) is 2.36. The first-order valence-corrected chi connectivity index (χ1v) is 10.1. The highest BCUT2D eigenvalue weighted by atomic mass is 79.9. The van der Waals surface area contributed by atoms with E-state index in [1.54, 1.807) is 0 Å². The van der Waals surface area contributed by atoms with Crippen molar-refractivity contribution in [3.8, 4) is 0 Å². The van der Waals surface area contributed by atoms with Gasteiger partial charge in [-0.3, -0.25) is 0 Å². The maximum absolute atomic E-state index is 11.7. The van der Waals surface area contributed by atoms with Crippen molar-refractivity contribution < 1.29 is 8.42 Å². The smallest absolute Gasteiger partial charge is 0.152 e. The molecule has 0 radical (unpaired) electrons. The lowest BCUT2D eigenvalue weighted by Crippen LogP contribution is -2.26. The lowest BCUT2D eigenvalue weighted by atomic mass is 10.2. The highest BCUT2D eigenvalue weighted by Gasteiger charge is 2.21. The van der Waals surface area contributed by atoms with Gasteiger partial charge in [0, 0.05) is 35.8 Å². The van der Waals surface area contributed by atoms with Crippen LogP contribution in [0.1, 0.15) is 24.8 Å². The summed E-state index contributed by atoms with van der Waals surface area (Å²) in [6, 6.07) is 7.05. The summed E-state index contributed by atoms with van der Waals surface area (Å²) in [6.45, 7) is 2.29. The van der Waals surface area contributed by atoms with Crippen molar-refractivity contribution in [2.24, 2.45) is 0 Å². The van der Waals surface area contributed by atoms with Crippen LogP contribution in [0.25, 0.3) is 0 Å². The number of halogens is 1. The van der Waals surface area contributed by atoms with Crippen LogP contribution in [0.3, 0.4) is 0 Å². The third-order valence-corrected chi connectivity index (χ3v) is 6.57. The molecule has 0 spiro atoms. The predicted octanol–water partition coefficient (Wildman–Crippen LogP) is 2.33. The van der Waals surface area contributed by atoms with Gasteiger partial charge in [-0.25, -0.2) is 8.42 Å². The van der Waals surface area contributed by atoms with Gasteiger partial charge < -0.3 is 10.2 Å². The largest absolute Gasteiger partial charge is 0.370 e. The zero-order valence-electron chi connectivity index (χ0n) is 12.0. The molecule has 0 unspecified atom stereocenters. The SMILES string of the molecule is O=S1(=O)CCCN(c2ccc(CNC3CC3)c(Br)c2)CC1. The van der Waals surface area contributed by atoms with E-state index in [0.717, 1.165) is 23.2 Å². The maximum atomic E-state index is 11.7. The summed E-state index contributed by atoms with van der Waals surface area (Å²) in [7, 11) is -2.85. The van der Waals surface area contributed by atoms with Crippen LogP contribution >= 0.6 is 15.9 Å². The molecule has 4 nitrogen and oxygen atoms in total. The number of hydrogen-bond donors (Lipinski definition) is 1. The van der Waals surface area contributed by atoms with Crippen molar-refractivity contribution >= 4 is 31.5 Å². The second kappa shape index (κ2) is 6.26. The Kier molecular flexibility index (Phi) is 4.57. The summed E-state index contributed by atoms with van der Waals surface area (Å²) < 4.78 is 24.5. The van der Waals surface area contributed by atoms with Crippen LogP contribution in [-0.4, -0.2) is 39.1 Å². The summed E-state index contributed by atoms with van der Waals surface area (Å²) in [5.74, 6) is 0.573. The zero-order valence-corrected chi connectivity index (χ0v) is 14.4. The lowest BCUT2D eigenvalue weighted by Gasteiger charge is -2.23. The van der Waals surface area contributed by atoms with Crippen molar-refractivity contribution in [1.82, 2.24) is 5.32 Å². The summed E-state index contributed by atoms with van der Waals surface area (Å²) in [4.78, 5) is 2.17. The van der Waals surface area contributed by atoms with Crippen LogP contribution in [0.2, 0.25) is 0 Å². The molecular weight excluding hydrogens is 352 g/mol. The molecule has 0 atom stereocenters. The molecule has 1 N–H and O–H groups in total. The van der Waals surface area contributed by atoms with Crippen LogP contribution in [0, 0.1) is 0 Å². The van der Waals surface area contributed by atoms with E-state index in [-0.39, 0.29) is 5.75 Å². The molecular formula is C15H21BrN2O2S. The Balaban J connectivity index is 1.68. The van der Waals surface area contributed by atoms with E-state index >= 15 is 0 Å². The van der Waals surface area contributed by atoms with E-state index in [2.05, 4.69) is 44.3 Å². The van der Waals surface area contributed by atoms with Crippen molar-refractivity contribution in [3.05, 3.63) is 28.2 Å². The molecule has 2 fully saturated rings. The first-order chi connectivity index (χ1) is 10.0. The van der Waals surface area contributed by atoms with E-state index in [9.17, 15) is 8.42 Å². The Morgan fingerprint density at radius 3 is 2.76 bits per heavy atom. The molecule has 1 heterocycles. The third kappa shape index (κ3) is 4.20. The number of benzene rings is 1. The normalized spacial score (nSPS) is 22.0. The minimum absolute atomic E-state index is 0.260. The van der Waals surface area contributed by atoms with Gasteiger partial charge in [0.2, 0.25) is 0 Å². The molecule has 1 saturated heterocycles. The highest BCUT2D eigenvalue weighted by molar-refractivity contribution is 9.10. The molecule has 1 aliphatic heterocycles. The zero-order chi connectivity index (χ0) is 14.9. The lowest BCUT2D eigenvalue weighted by molar-refractivity contribution is 0.597. The fraction of sp³-hybridized carbons (Fsp3) is 0.600. The van der Waals surface area contributed by atoms with E-state index in [0.29, 0.717) is 24.8 Å². The van der Waals surface area contributed by atoms with Crippen molar-refractivity contribution in [2.45, 2.75) is 31.8 Å². The molecule has 116 valence electrons. The Morgan fingerprint density at radius 2 is 2.05 bits per heavy atom. The van der Waals surface area contributed by atoms with Crippen LogP contribution < -0.4 is 10.2 Å². The van der Waals surface area contributed by atoms with E-state index in [1.165, 1.54) is 18.4 Å². The molecule has 3 rings (SSSR count). The fourth-order valence-corrected chi connectivity index (χ4v) is 4.39. The van der Waals surface area contributed by atoms with Gasteiger partial charge in [0.05, 0.1) is 11.5 Å². The first-order valence-electron chi connectivity index (χ1n) is 7.51. The number of hydrogen-bond acceptors (Lipinski definition) is 4. The third-order valence-electron chi connectivity index (χ3n) is 4.12. The number of sulfone groups is 1. The molecule has 1 saturated carbocycles. The average molecular weight is 373 g/mol. The predicted molar refractivity (Wildman–Crippen MR) is 89.5 cm³/mol. The summed E-state index contributed by atoms with van der Waals surface area (Å²) in [6.07, 6.45) is 3.29. The van der Waals surface area contributed by atoms with Crippen LogP contribution in [-0.2, 0) is 16.4 Å². The van der Waals surface area contributed by atoms with Gasteiger partial charge in [0.15, 0.2) is 9.84 Å². The quantitative estimate of drug-likeness (QED) is 0.880. The number of nitrogens with one attached hydrogen (secondary N) is 1. The minimum Gasteiger partial charge on any atom is -0.370 e. The van der Waals surface area contributed by atoms with Crippen molar-refractivity contribution in [3.63, 3.8) is 0 Å². The molecule has 21 heavy (non-hydrogen) atoms. The van der Waals surface area contributed by atoms with Gasteiger partial charge in [-0.1, -0.05) is 22.0 Å². The standard InChI is InChI=1S/C15H21BrN2O2S/c16-15-10-14(5-2-12(15)11-17-13-3-4-13)18-6-1-8-21(19,20)9-7-18/h2,5,10,13,17H,1,3-4,6-9,11H2. The monoisotopic (exact) mass is 372 g/mol. The van der Waals surface area contributed by atoms with Gasteiger partial charge in [0.1, 0.15) is 0 Å². The molecule has 2 aliphatic rings.